The van der Waals surface area contributed by atoms with Gasteiger partial charge in [0, 0.05) is 5.92 Å². The summed E-state index contributed by atoms with van der Waals surface area (Å²) in [6.07, 6.45) is 0. The maximum atomic E-state index is 11.6. The van der Waals surface area contributed by atoms with E-state index in [-0.39, 0.29) is 17.1 Å². The minimum absolute atomic E-state index is 0.122. The fourth-order valence-corrected chi connectivity index (χ4v) is 2.78. The highest BCUT2D eigenvalue weighted by atomic mass is 32.2. The van der Waals surface area contributed by atoms with Crippen LogP contribution >= 0.6 is 24.0 Å². The molecule has 2 atom stereocenters. The van der Waals surface area contributed by atoms with Gasteiger partial charge in [0.25, 0.3) is 0 Å². The van der Waals surface area contributed by atoms with E-state index in [0.717, 1.165) is 17.3 Å². The first-order chi connectivity index (χ1) is 7.18. The molecule has 2 nitrogen and oxygen atoms in total. The van der Waals surface area contributed by atoms with E-state index >= 15 is 0 Å². The molecule has 1 aromatic carbocycles. The summed E-state index contributed by atoms with van der Waals surface area (Å²) in [5.74, 6) is 0.159. The first kappa shape index (κ1) is 10.6. The largest absolute Gasteiger partial charge is 0.359 e. The van der Waals surface area contributed by atoms with Crippen molar-refractivity contribution < 1.29 is 4.79 Å². The van der Waals surface area contributed by atoms with Crippen molar-refractivity contribution in [2.75, 3.05) is 0 Å². The number of carbonyl (C=O) groups is 1. The highest BCUT2D eigenvalue weighted by Gasteiger charge is 2.33. The maximum Gasteiger partial charge on any atom is 0.218 e. The van der Waals surface area contributed by atoms with Crippen LogP contribution in [0, 0.1) is 0 Å². The third-order valence-electron chi connectivity index (χ3n) is 2.55. The Kier molecular flexibility index (Phi) is 3.07. The van der Waals surface area contributed by atoms with Crippen LogP contribution in [-0.2, 0) is 4.79 Å². The van der Waals surface area contributed by atoms with Crippen molar-refractivity contribution in [2.24, 2.45) is 0 Å². The van der Waals surface area contributed by atoms with Crippen molar-refractivity contribution in [1.82, 2.24) is 5.32 Å². The molecule has 0 bridgehead atoms. The summed E-state index contributed by atoms with van der Waals surface area (Å²) in [6, 6.07) is 9.83. The lowest BCUT2D eigenvalue weighted by Gasteiger charge is -2.17. The average Bonchev–Trinajstić information content (AvgIpc) is 2.58. The fraction of sp³-hybridized carbons (Fsp3) is 0.273. The second-order valence-corrected chi connectivity index (χ2v) is 5.21. The zero-order chi connectivity index (χ0) is 10.8. The van der Waals surface area contributed by atoms with Crippen molar-refractivity contribution in [2.45, 2.75) is 18.9 Å². The van der Waals surface area contributed by atoms with E-state index in [1.165, 1.54) is 0 Å². The zero-order valence-electron chi connectivity index (χ0n) is 8.27. The van der Waals surface area contributed by atoms with Crippen LogP contribution in [0.2, 0.25) is 0 Å². The SMILES string of the molecule is CC(c1ccccc1)C1NC(=S)SC1=O. The predicted molar refractivity (Wildman–Crippen MR) is 67.0 cm³/mol. The van der Waals surface area contributed by atoms with Gasteiger partial charge in [-0.2, -0.15) is 0 Å². The molecule has 0 aliphatic carbocycles. The number of nitrogens with one attached hydrogen (secondary N) is 1. The van der Waals surface area contributed by atoms with Gasteiger partial charge in [-0.3, -0.25) is 4.79 Å². The number of thioether (sulfide) groups is 1. The van der Waals surface area contributed by atoms with E-state index < -0.39 is 0 Å². The van der Waals surface area contributed by atoms with Crippen molar-refractivity contribution in [3.8, 4) is 0 Å². The van der Waals surface area contributed by atoms with Crippen LogP contribution in [0.25, 0.3) is 0 Å². The van der Waals surface area contributed by atoms with Crippen LogP contribution < -0.4 is 5.32 Å². The van der Waals surface area contributed by atoms with Crippen molar-refractivity contribution in [1.29, 1.82) is 0 Å². The molecule has 2 unspecified atom stereocenters. The molecule has 1 N–H and O–H groups in total. The summed E-state index contributed by atoms with van der Waals surface area (Å²) in [7, 11) is 0. The zero-order valence-corrected chi connectivity index (χ0v) is 9.90. The quantitative estimate of drug-likeness (QED) is 0.799. The Balaban J connectivity index is 2.18. The highest BCUT2D eigenvalue weighted by molar-refractivity contribution is 8.33. The van der Waals surface area contributed by atoms with Crippen LogP contribution in [0.3, 0.4) is 0 Å². The molecule has 0 spiro atoms. The van der Waals surface area contributed by atoms with Gasteiger partial charge in [0.05, 0.1) is 0 Å². The molecule has 1 aromatic rings. The Morgan fingerprint density at radius 1 is 1.40 bits per heavy atom. The first-order valence-corrected chi connectivity index (χ1v) is 5.98. The molecule has 0 saturated carbocycles. The molecule has 15 heavy (non-hydrogen) atoms. The molecule has 0 amide bonds. The van der Waals surface area contributed by atoms with E-state index in [1.54, 1.807) is 0 Å². The molecular formula is C11H11NOS2. The first-order valence-electron chi connectivity index (χ1n) is 4.75. The van der Waals surface area contributed by atoms with Crippen molar-refractivity contribution >= 4 is 33.4 Å². The summed E-state index contributed by atoms with van der Waals surface area (Å²) in [6.45, 7) is 2.04. The van der Waals surface area contributed by atoms with Crippen LogP contribution in [-0.4, -0.2) is 15.5 Å². The number of thiocarbonyl (C=S) groups is 1. The van der Waals surface area contributed by atoms with Crippen LogP contribution in [0.5, 0.6) is 0 Å². The molecular weight excluding hydrogens is 226 g/mol. The molecule has 1 saturated heterocycles. The van der Waals surface area contributed by atoms with Gasteiger partial charge < -0.3 is 5.32 Å². The van der Waals surface area contributed by atoms with E-state index in [9.17, 15) is 4.79 Å². The highest BCUT2D eigenvalue weighted by Crippen LogP contribution is 2.27. The number of hydrogen-bond acceptors (Lipinski definition) is 3. The van der Waals surface area contributed by atoms with E-state index in [1.807, 2.05) is 37.3 Å². The Morgan fingerprint density at radius 2 is 2.07 bits per heavy atom. The Hall–Kier alpha value is -0.870. The third-order valence-corrected chi connectivity index (χ3v) is 3.67. The fourth-order valence-electron chi connectivity index (χ4n) is 1.65. The second-order valence-electron chi connectivity index (χ2n) is 3.53. The van der Waals surface area contributed by atoms with Gasteiger partial charge in [-0.25, -0.2) is 0 Å². The number of rotatable bonds is 2. The van der Waals surface area contributed by atoms with Gasteiger partial charge >= 0.3 is 0 Å². The van der Waals surface area contributed by atoms with Gasteiger partial charge in [0.15, 0.2) is 0 Å². The van der Waals surface area contributed by atoms with Crippen LogP contribution in [0.15, 0.2) is 30.3 Å². The smallest absolute Gasteiger partial charge is 0.218 e. The van der Waals surface area contributed by atoms with Crippen molar-refractivity contribution in [3.63, 3.8) is 0 Å². The lowest BCUT2D eigenvalue weighted by atomic mass is 9.94. The van der Waals surface area contributed by atoms with Gasteiger partial charge in [-0.15, -0.1) is 0 Å². The molecule has 0 aromatic heterocycles. The lowest BCUT2D eigenvalue weighted by Crippen LogP contribution is -2.33. The molecule has 4 heteroatoms. The number of hydrogen-bond donors (Lipinski definition) is 1. The standard InChI is InChI=1S/C11H11NOS2/c1-7(8-5-3-2-4-6-8)9-10(13)15-11(14)12-9/h2-7,9H,1H3,(H,12,14). The van der Waals surface area contributed by atoms with Crippen molar-refractivity contribution in [3.05, 3.63) is 35.9 Å². The molecule has 1 fully saturated rings. The van der Waals surface area contributed by atoms with Gasteiger partial charge in [-0.1, -0.05) is 49.5 Å². The summed E-state index contributed by atoms with van der Waals surface area (Å²) in [5, 5.41) is 3.17. The summed E-state index contributed by atoms with van der Waals surface area (Å²) in [4.78, 5) is 11.6. The number of benzene rings is 1. The van der Waals surface area contributed by atoms with Crippen LogP contribution in [0.4, 0.5) is 0 Å². The maximum absolute atomic E-state index is 11.6. The van der Waals surface area contributed by atoms with Gasteiger partial charge in [0.2, 0.25) is 5.12 Å². The van der Waals surface area contributed by atoms with Gasteiger partial charge in [-0.05, 0) is 17.3 Å². The summed E-state index contributed by atoms with van der Waals surface area (Å²) < 4.78 is 0.591. The lowest BCUT2D eigenvalue weighted by molar-refractivity contribution is -0.112. The predicted octanol–water partition coefficient (Wildman–Crippen LogP) is 2.31. The molecule has 1 heterocycles. The average molecular weight is 237 g/mol. The Morgan fingerprint density at radius 3 is 2.60 bits per heavy atom. The minimum atomic E-state index is -0.176. The normalized spacial score (nSPS) is 22.6. The van der Waals surface area contributed by atoms with Crippen LogP contribution in [0.1, 0.15) is 18.4 Å². The molecule has 2 rings (SSSR count). The molecule has 78 valence electrons. The van der Waals surface area contributed by atoms with E-state index in [0.29, 0.717) is 4.32 Å². The topological polar surface area (TPSA) is 29.1 Å². The Labute approximate surface area is 98.4 Å². The Bertz CT molecular complexity index is 391. The second kappa shape index (κ2) is 4.33. The van der Waals surface area contributed by atoms with E-state index in [2.05, 4.69) is 5.32 Å². The molecule has 0 radical (unpaired) electrons. The molecule has 1 aliphatic rings. The van der Waals surface area contributed by atoms with E-state index in [4.69, 9.17) is 12.2 Å². The van der Waals surface area contributed by atoms with Gasteiger partial charge in [0.1, 0.15) is 10.4 Å². The number of carbonyl (C=O) groups excluding carboxylic acids is 1. The summed E-state index contributed by atoms with van der Waals surface area (Å²) >= 11 is 6.11. The summed E-state index contributed by atoms with van der Waals surface area (Å²) in [5.41, 5.74) is 1.16. The minimum Gasteiger partial charge on any atom is -0.359 e. The monoisotopic (exact) mass is 237 g/mol. The molecule has 1 aliphatic heterocycles. The third kappa shape index (κ3) is 2.21.